The highest BCUT2D eigenvalue weighted by molar-refractivity contribution is 8.21. The second-order valence-corrected chi connectivity index (χ2v) is 6.92. The molecule has 1 N–H and O–H groups in total. The molecule has 0 aromatic rings. The number of hydrogen-bond donors (Lipinski definition) is 1. The molecular weight excluding hydrogens is 278 g/mol. The van der Waals surface area contributed by atoms with Gasteiger partial charge < -0.3 is 5.32 Å². The van der Waals surface area contributed by atoms with E-state index in [4.69, 9.17) is 12.5 Å². The Hall–Kier alpha value is -0.820. The molecule has 0 saturated carbocycles. The Bertz CT molecular complexity index is 356. The molecule has 0 aromatic carbocycles. The first kappa shape index (κ1) is 17.2. The van der Waals surface area contributed by atoms with Crippen LogP contribution in [0.1, 0.15) is 25.7 Å². The van der Waals surface area contributed by atoms with Crippen LogP contribution in [0.4, 0.5) is 0 Å². The molecule has 0 atom stereocenters. The molecule has 5 nitrogen and oxygen atoms in total. The smallest absolute Gasteiger partial charge is 0.224 e. The number of amides is 1. The second-order valence-electron chi connectivity index (χ2n) is 4.40. The molecule has 0 radical (unpaired) electrons. The van der Waals surface area contributed by atoms with Crippen LogP contribution in [0.15, 0.2) is 23.8 Å². The van der Waals surface area contributed by atoms with Crippen LogP contribution in [-0.2, 0) is 17.3 Å². The van der Waals surface area contributed by atoms with Gasteiger partial charge in [0.2, 0.25) is 5.91 Å². The van der Waals surface area contributed by atoms with E-state index in [1.807, 2.05) is 6.08 Å². The zero-order valence-corrected chi connectivity index (χ0v) is 13.3. The molecule has 1 amide bonds. The number of rotatable bonds is 9. The number of carbonyl (C=O) groups excluding carboxylic acids is 1. The van der Waals surface area contributed by atoms with Crippen molar-refractivity contribution >= 4 is 16.8 Å². The average Bonchev–Trinajstić information content (AvgIpc) is 2.49. The van der Waals surface area contributed by atoms with E-state index in [9.17, 15) is 4.79 Å². The molecule has 116 valence electrons. The fraction of sp³-hybridized carbons (Fsp3) is 0.643. The number of allylic oxidation sites excluding steroid dienone is 3. The number of carbonyl (C=O) groups is 1. The van der Waals surface area contributed by atoms with Gasteiger partial charge in [0.05, 0.1) is 38.6 Å². The SMILES string of the molecule is COS(CCCNC(=O)CC1=CCCC=C1)(OC)OC. The van der Waals surface area contributed by atoms with E-state index in [0.717, 1.165) is 24.8 Å². The highest BCUT2D eigenvalue weighted by Gasteiger charge is 2.22. The topological polar surface area (TPSA) is 56.8 Å². The van der Waals surface area contributed by atoms with Crippen molar-refractivity contribution in [1.29, 1.82) is 0 Å². The summed E-state index contributed by atoms with van der Waals surface area (Å²) in [4.78, 5) is 11.8. The lowest BCUT2D eigenvalue weighted by Crippen LogP contribution is -2.26. The molecule has 0 aromatic heterocycles. The lowest BCUT2D eigenvalue weighted by molar-refractivity contribution is -0.120. The van der Waals surface area contributed by atoms with E-state index < -0.39 is 10.9 Å². The normalized spacial score (nSPS) is 15.8. The Morgan fingerprint density at radius 2 is 1.95 bits per heavy atom. The van der Waals surface area contributed by atoms with Crippen molar-refractivity contribution in [1.82, 2.24) is 5.32 Å². The largest absolute Gasteiger partial charge is 0.356 e. The van der Waals surface area contributed by atoms with Crippen LogP contribution >= 0.6 is 10.9 Å². The van der Waals surface area contributed by atoms with E-state index in [1.165, 1.54) is 0 Å². The average molecular weight is 303 g/mol. The molecule has 0 spiro atoms. The Morgan fingerprint density at radius 3 is 2.50 bits per heavy atom. The van der Waals surface area contributed by atoms with Crippen LogP contribution in [0.25, 0.3) is 0 Å². The van der Waals surface area contributed by atoms with Crippen molar-refractivity contribution in [3.05, 3.63) is 23.8 Å². The molecule has 0 bridgehead atoms. The Balaban J connectivity index is 2.21. The van der Waals surface area contributed by atoms with Crippen molar-refractivity contribution in [2.45, 2.75) is 25.7 Å². The van der Waals surface area contributed by atoms with Crippen molar-refractivity contribution in [3.63, 3.8) is 0 Å². The highest BCUT2D eigenvalue weighted by atomic mass is 32.3. The molecule has 0 unspecified atom stereocenters. The molecule has 0 heterocycles. The summed E-state index contributed by atoms with van der Waals surface area (Å²) in [5.74, 6) is 0.690. The van der Waals surface area contributed by atoms with Crippen LogP contribution < -0.4 is 5.32 Å². The van der Waals surface area contributed by atoms with Gasteiger partial charge in [-0.3, -0.25) is 17.3 Å². The van der Waals surface area contributed by atoms with Gasteiger partial charge in [-0.05, 0) is 24.8 Å². The maximum Gasteiger partial charge on any atom is 0.224 e. The molecule has 1 rings (SSSR count). The minimum atomic E-state index is -1.91. The van der Waals surface area contributed by atoms with Crippen LogP contribution in [0.5, 0.6) is 0 Å². The molecule has 0 fully saturated rings. The first-order valence-corrected chi connectivity index (χ1v) is 8.33. The van der Waals surface area contributed by atoms with E-state index in [1.54, 1.807) is 21.3 Å². The van der Waals surface area contributed by atoms with Crippen molar-refractivity contribution in [2.24, 2.45) is 0 Å². The summed E-state index contributed by atoms with van der Waals surface area (Å²) in [6.07, 6.45) is 9.56. The van der Waals surface area contributed by atoms with Crippen LogP contribution in [-0.4, -0.2) is 39.5 Å². The minimum Gasteiger partial charge on any atom is -0.356 e. The van der Waals surface area contributed by atoms with Gasteiger partial charge in [-0.25, -0.2) is 0 Å². The van der Waals surface area contributed by atoms with Gasteiger partial charge in [0, 0.05) is 12.3 Å². The summed E-state index contributed by atoms with van der Waals surface area (Å²) in [5, 5.41) is 2.91. The van der Waals surface area contributed by atoms with Crippen LogP contribution in [0.3, 0.4) is 0 Å². The maximum atomic E-state index is 11.8. The molecule has 0 aliphatic heterocycles. The number of nitrogens with one attached hydrogen (secondary N) is 1. The van der Waals surface area contributed by atoms with Crippen molar-refractivity contribution in [2.75, 3.05) is 33.6 Å². The third-order valence-electron chi connectivity index (χ3n) is 3.09. The van der Waals surface area contributed by atoms with E-state index in [0.29, 0.717) is 18.7 Å². The fourth-order valence-electron chi connectivity index (χ4n) is 1.98. The highest BCUT2D eigenvalue weighted by Crippen LogP contribution is 2.49. The van der Waals surface area contributed by atoms with E-state index >= 15 is 0 Å². The quantitative estimate of drug-likeness (QED) is 0.665. The van der Waals surface area contributed by atoms with Crippen molar-refractivity contribution < 1.29 is 17.3 Å². The third-order valence-corrected chi connectivity index (χ3v) is 5.40. The van der Waals surface area contributed by atoms with Crippen LogP contribution in [0.2, 0.25) is 0 Å². The molecule has 0 saturated heterocycles. The molecule has 20 heavy (non-hydrogen) atoms. The summed E-state index contributed by atoms with van der Waals surface area (Å²) in [6.45, 7) is 0.598. The standard InChI is InChI=1S/C14H25NO4S/c1-17-20(18-2,19-3)11-7-10-15-14(16)12-13-8-5-4-6-9-13/h5,8-9H,4,6-7,10-12H2,1-3H3,(H,15,16). The monoisotopic (exact) mass is 303 g/mol. The zero-order valence-electron chi connectivity index (χ0n) is 12.5. The molecular formula is C14H25NO4S. The first-order chi connectivity index (χ1) is 9.65. The fourth-order valence-corrected chi connectivity index (χ4v) is 3.38. The number of hydrogen-bond acceptors (Lipinski definition) is 4. The van der Waals surface area contributed by atoms with Crippen LogP contribution in [0, 0.1) is 0 Å². The Morgan fingerprint density at radius 1 is 1.25 bits per heavy atom. The second kappa shape index (κ2) is 9.18. The molecule has 6 heteroatoms. The van der Waals surface area contributed by atoms with Crippen molar-refractivity contribution in [3.8, 4) is 0 Å². The Kier molecular flexibility index (Phi) is 7.91. The Labute approximate surface area is 123 Å². The van der Waals surface area contributed by atoms with E-state index in [-0.39, 0.29) is 5.91 Å². The van der Waals surface area contributed by atoms with E-state index in [2.05, 4.69) is 17.5 Å². The third kappa shape index (κ3) is 5.66. The van der Waals surface area contributed by atoms with Gasteiger partial charge in [0.1, 0.15) is 0 Å². The summed E-state index contributed by atoms with van der Waals surface area (Å²) in [5.41, 5.74) is 1.10. The lowest BCUT2D eigenvalue weighted by Gasteiger charge is -2.33. The predicted octanol–water partition coefficient (Wildman–Crippen LogP) is 2.65. The van der Waals surface area contributed by atoms with Gasteiger partial charge in [-0.15, -0.1) is 0 Å². The van der Waals surface area contributed by atoms with Gasteiger partial charge in [-0.1, -0.05) is 18.2 Å². The minimum absolute atomic E-state index is 0.0515. The van der Waals surface area contributed by atoms with Gasteiger partial charge in [0.15, 0.2) is 0 Å². The predicted molar refractivity (Wildman–Crippen MR) is 82.2 cm³/mol. The summed E-state index contributed by atoms with van der Waals surface area (Å²) >= 11 is 0. The summed E-state index contributed by atoms with van der Waals surface area (Å²) < 4.78 is 15.8. The lowest BCUT2D eigenvalue weighted by atomic mass is 10.0. The van der Waals surface area contributed by atoms with Gasteiger partial charge in [-0.2, -0.15) is 0 Å². The zero-order chi connectivity index (χ0) is 14.8. The summed E-state index contributed by atoms with van der Waals surface area (Å²) in [7, 11) is 2.81. The summed E-state index contributed by atoms with van der Waals surface area (Å²) in [6, 6.07) is 0. The maximum absolute atomic E-state index is 11.8. The molecule has 1 aliphatic rings. The first-order valence-electron chi connectivity index (χ1n) is 6.76. The molecule has 1 aliphatic carbocycles. The van der Waals surface area contributed by atoms with Gasteiger partial charge >= 0.3 is 0 Å². The van der Waals surface area contributed by atoms with Gasteiger partial charge in [0.25, 0.3) is 0 Å².